The van der Waals surface area contributed by atoms with E-state index in [4.69, 9.17) is 16.7 Å². The summed E-state index contributed by atoms with van der Waals surface area (Å²) in [5.41, 5.74) is 1.72. The van der Waals surface area contributed by atoms with E-state index in [2.05, 4.69) is 4.90 Å². The number of carboxylic acid groups (broad SMARTS) is 1. The van der Waals surface area contributed by atoms with Gasteiger partial charge in [-0.25, -0.2) is 4.79 Å². The number of benzene rings is 1. The largest absolute Gasteiger partial charge is 0.478 e. The molecule has 4 heteroatoms. The van der Waals surface area contributed by atoms with Crippen molar-refractivity contribution in [2.45, 2.75) is 38.5 Å². The molecule has 3 nitrogen and oxygen atoms in total. The van der Waals surface area contributed by atoms with Gasteiger partial charge in [-0.3, -0.25) is 0 Å². The molecule has 1 aliphatic heterocycles. The van der Waals surface area contributed by atoms with Gasteiger partial charge in [-0.2, -0.15) is 0 Å². The molecule has 1 aliphatic carbocycles. The predicted octanol–water partition coefficient (Wildman–Crippen LogP) is 4.20. The van der Waals surface area contributed by atoms with Crippen molar-refractivity contribution in [3.63, 3.8) is 0 Å². The zero-order valence-corrected chi connectivity index (χ0v) is 12.3. The summed E-state index contributed by atoms with van der Waals surface area (Å²) in [4.78, 5) is 13.2. The molecule has 1 spiro atoms. The molecule has 0 aromatic heterocycles. The van der Waals surface area contributed by atoms with Crippen molar-refractivity contribution in [1.82, 2.24) is 0 Å². The molecule has 1 saturated heterocycles. The van der Waals surface area contributed by atoms with Gasteiger partial charge in [-0.15, -0.1) is 0 Å². The number of carbonyl (C=O) groups is 1. The highest BCUT2D eigenvalue weighted by atomic mass is 35.5. The van der Waals surface area contributed by atoms with E-state index in [1.54, 1.807) is 12.1 Å². The van der Waals surface area contributed by atoms with E-state index in [9.17, 15) is 4.79 Å². The fraction of sp³-hybridized carbons (Fsp3) is 0.562. The maximum Gasteiger partial charge on any atom is 0.335 e. The van der Waals surface area contributed by atoms with Crippen LogP contribution in [0.1, 0.15) is 48.9 Å². The van der Waals surface area contributed by atoms with Crippen molar-refractivity contribution < 1.29 is 9.90 Å². The van der Waals surface area contributed by atoms with Gasteiger partial charge in [0.15, 0.2) is 0 Å². The normalized spacial score (nSPS) is 21.4. The van der Waals surface area contributed by atoms with E-state index in [-0.39, 0.29) is 5.56 Å². The molecule has 2 fully saturated rings. The van der Waals surface area contributed by atoms with Crippen LogP contribution >= 0.6 is 11.6 Å². The van der Waals surface area contributed by atoms with E-state index >= 15 is 0 Å². The Balaban J connectivity index is 1.71. The monoisotopic (exact) mass is 293 g/mol. The van der Waals surface area contributed by atoms with E-state index < -0.39 is 5.97 Å². The number of hydrogen-bond acceptors (Lipinski definition) is 2. The van der Waals surface area contributed by atoms with E-state index in [1.807, 2.05) is 6.07 Å². The molecule has 1 aromatic rings. The van der Waals surface area contributed by atoms with Crippen LogP contribution in [-0.2, 0) is 0 Å². The highest BCUT2D eigenvalue weighted by Gasteiger charge is 2.43. The molecular formula is C16H20ClNO2. The quantitative estimate of drug-likeness (QED) is 0.888. The lowest BCUT2D eigenvalue weighted by Gasteiger charge is -2.52. The molecule has 1 N–H and O–H groups in total. The van der Waals surface area contributed by atoms with Gasteiger partial charge >= 0.3 is 5.97 Å². The second-order valence-corrected chi connectivity index (χ2v) is 6.65. The van der Waals surface area contributed by atoms with Crippen LogP contribution in [0.3, 0.4) is 0 Å². The van der Waals surface area contributed by atoms with Crippen LogP contribution in [0.25, 0.3) is 0 Å². The van der Waals surface area contributed by atoms with Gasteiger partial charge in [0.25, 0.3) is 0 Å². The van der Waals surface area contributed by atoms with Crippen molar-refractivity contribution >= 4 is 23.3 Å². The summed E-state index contributed by atoms with van der Waals surface area (Å²) in [5.74, 6) is -0.928. The molecule has 1 heterocycles. The molecule has 108 valence electrons. The second-order valence-electron chi connectivity index (χ2n) is 6.24. The second kappa shape index (κ2) is 5.28. The van der Waals surface area contributed by atoms with Crippen LogP contribution in [0.5, 0.6) is 0 Å². The molecule has 0 amide bonds. The van der Waals surface area contributed by atoms with Crippen LogP contribution in [-0.4, -0.2) is 24.2 Å². The summed E-state index contributed by atoms with van der Waals surface area (Å²) in [6.07, 6.45) is 8.09. The summed E-state index contributed by atoms with van der Waals surface area (Å²) in [6.45, 7) is 2.14. The Morgan fingerprint density at radius 3 is 2.35 bits per heavy atom. The molecule has 0 radical (unpaired) electrons. The topological polar surface area (TPSA) is 40.5 Å². The average molecular weight is 294 g/mol. The van der Waals surface area contributed by atoms with Crippen LogP contribution in [0, 0.1) is 5.41 Å². The Kier molecular flexibility index (Phi) is 3.63. The summed E-state index contributed by atoms with van der Waals surface area (Å²) in [7, 11) is 0. The highest BCUT2D eigenvalue weighted by Crippen LogP contribution is 2.45. The van der Waals surface area contributed by atoms with Crippen molar-refractivity contribution in [3.05, 3.63) is 28.8 Å². The van der Waals surface area contributed by atoms with Crippen molar-refractivity contribution in [3.8, 4) is 0 Å². The summed E-state index contributed by atoms with van der Waals surface area (Å²) in [5, 5.41) is 9.52. The number of nitrogens with zero attached hydrogens (tertiary/aromatic N) is 1. The molecule has 3 rings (SSSR count). The molecule has 2 aliphatic rings. The number of anilines is 1. The fourth-order valence-electron chi connectivity index (χ4n) is 3.62. The van der Waals surface area contributed by atoms with Gasteiger partial charge in [-0.05, 0) is 31.0 Å². The van der Waals surface area contributed by atoms with Gasteiger partial charge in [0.05, 0.1) is 16.3 Å². The van der Waals surface area contributed by atoms with Crippen molar-refractivity contribution in [1.29, 1.82) is 0 Å². The smallest absolute Gasteiger partial charge is 0.335 e. The Morgan fingerprint density at radius 1 is 1.15 bits per heavy atom. The standard InChI is InChI=1S/C16H20ClNO2/c17-13-9-12(15(19)20)5-6-14(13)18-10-16(11-18)7-3-1-2-4-8-16/h5-6,9H,1-4,7-8,10-11H2,(H,19,20). The van der Waals surface area contributed by atoms with Crippen molar-refractivity contribution in [2.24, 2.45) is 5.41 Å². The zero-order chi connectivity index (χ0) is 14.2. The number of aromatic carboxylic acids is 1. The summed E-state index contributed by atoms with van der Waals surface area (Å²) >= 11 is 6.24. The maximum atomic E-state index is 10.9. The third-order valence-corrected chi connectivity index (χ3v) is 5.05. The highest BCUT2D eigenvalue weighted by molar-refractivity contribution is 6.33. The number of carboxylic acids is 1. The van der Waals surface area contributed by atoms with Gasteiger partial charge in [-0.1, -0.05) is 37.3 Å². The number of rotatable bonds is 2. The minimum Gasteiger partial charge on any atom is -0.478 e. The van der Waals surface area contributed by atoms with Crippen LogP contribution in [0.4, 0.5) is 5.69 Å². The predicted molar refractivity (Wildman–Crippen MR) is 80.8 cm³/mol. The first-order chi connectivity index (χ1) is 9.60. The molecule has 0 bridgehead atoms. The number of halogens is 1. The molecule has 20 heavy (non-hydrogen) atoms. The maximum absolute atomic E-state index is 10.9. The summed E-state index contributed by atoms with van der Waals surface area (Å²) < 4.78 is 0. The summed E-state index contributed by atoms with van der Waals surface area (Å²) in [6, 6.07) is 5.04. The Hall–Kier alpha value is -1.22. The molecular weight excluding hydrogens is 274 g/mol. The third kappa shape index (κ3) is 2.51. The minimum atomic E-state index is -0.928. The SMILES string of the molecule is O=C(O)c1ccc(N2CC3(CCCCCC3)C2)c(Cl)c1. The van der Waals surface area contributed by atoms with Crippen molar-refractivity contribution in [2.75, 3.05) is 18.0 Å². The third-order valence-electron chi connectivity index (χ3n) is 4.75. The Morgan fingerprint density at radius 2 is 1.80 bits per heavy atom. The lowest BCUT2D eigenvalue weighted by molar-refractivity contribution is 0.0697. The minimum absolute atomic E-state index is 0.253. The average Bonchev–Trinajstić information content (AvgIpc) is 2.62. The molecule has 1 saturated carbocycles. The number of hydrogen-bond donors (Lipinski definition) is 1. The van der Waals surface area contributed by atoms with E-state index in [1.165, 1.54) is 38.5 Å². The van der Waals surface area contributed by atoms with Gasteiger partial charge < -0.3 is 10.0 Å². The molecule has 0 unspecified atom stereocenters. The zero-order valence-electron chi connectivity index (χ0n) is 11.6. The first-order valence-corrected chi connectivity index (χ1v) is 7.75. The lowest BCUT2D eigenvalue weighted by Crippen LogP contribution is -2.56. The molecule has 1 aromatic carbocycles. The van der Waals surface area contributed by atoms with E-state index in [0.717, 1.165) is 18.8 Å². The van der Waals surface area contributed by atoms with Gasteiger partial charge in [0.2, 0.25) is 0 Å². The van der Waals surface area contributed by atoms with Crippen LogP contribution in [0.2, 0.25) is 5.02 Å². The van der Waals surface area contributed by atoms with Gasteiger partial charge in [0, 0.05) is 18.5 Å². The molecule has 0 atom stereocenters. The van der Waals surface area contributed by atoms with Crippen LogP contribution in [0.15, 0.2) is 18.2 Å². The lowest BCUT2D eigenvalue weighted by atomic mass is 9.73. The Bertz CT molecular complexity index is 513. The van der Waals surface area contributed by atoms with Gasteiger partial charge in [0.1, 0.15) is 0 Å². The van der Waals surface area contributed by atoms with Crippen LogP contribution < -0.4 is 4.90 Å². The van der Waals surface area contributed by atoms with E-state index in [0.29, 0.717) is 10.4 Å². The first-order valence-electron chi connectivity index (χ1n) is 7.38. The first kappa shape index (κ1) is 13.7. The fourth-order valence-corrected chi connectivity index (χ4v) is 3.93. The Labute approximate surface area is 124 Å².